The fourth-order valence-corrected chi connectivity index (χ4v) is 1.91. The van der Waals surface area contributed by atoms with Gasteiger partial charge >= 0.3 is 0 Å². The monoisotopic (exact) mass is 361 g/mol. The maximum atomic E-state index is 12.2. The van der Waals surface area contributed by atoms with Crippen LogP contribution in [0.1, 0.15) is 20.3 Å². The van der Waals surface area contributed by atoms with E-state index in [1.807, 2.05) is 31.2 Å². The van der Waals surface area contributed by atoms with E-state index in [9.17, 15) is 4.79 Å². The molecule has 4 N–H and O–H groups in total. The highest BCUT2D eigenvalue weighted by Gasteiger charge is 2.36. The number of nitrogens with two attached hydrogens (primary N) is 1. The Balaban J connectivity index is 2.98. The third kappa shape index (κ3) is 2.92. The molecule has 1 atom stereocenters. The summed E-state index contributed by atoms with van der Waals surface area (Å²) in [6.07, 6.45) is 0.443. The predicted molar refractivity (Wildman–Crippen MR) is 79.6 cm³/mol. The summed E-state index contributed by atoms with van der Waals surface area (Å²) in [5.74, 6) is -0.377. The quantitative estimate of drug-likeness (QED) is 0.253. The third-order valence-corrected chi connectivity index (χ3v) is 3.94. The molecule has 0 bridgehead atoms. The molecule has 18 heavy (non-hydrogen) atoms. The van der Waals surface area contributed by atoms with E-state index >= 15 is 0 Å². The number of halogens is 1. The zero-order valence-electron chi connectivity index (χ0n) is 10.3. The fraction of sp³-hybridized carbons (Fsp3) is 0.333. The molecule has 0 heterocycles. The van der Waals surface area contributed by atoms with Crippen molar-refractivity contribution in [2.75, 3.05) is 5.32 Å². The first-order chi connectivity index (χ1) is 8.45. The van der Waals surface area contributed by atoms with Crippen molar-refractivity contribution in [3.8, 4) is 0 Å². The van der Waals surface area contributed by atoms with Gasteiger partial charge in [-0.05, 0) is 48.1 Å². The number of oxime groups is 1. The minimum atomic E-state index is -1.02. The molecule has 0 aliphatic carbocycles. The first-order valence-corrected chi connectivity index (χ1v) is 6.57. The van der Waals surface area contributed by atoms with Gasteiger partial charge in [0.05, 0.1) is 5.69 Å². The normalized spacial score (nSPS) is 14.9. The summed E-state index contributed by atoms with van der Waals surface area (Å²) in [7, 11) is 0. The maximum Gasteiger partial charge on any atom is 0.238 e. The van der Waals surface area contributed by atoms with E-state index in [0.29, 0.717) is 12.1 Å². The van der Waals surface area contributed by atoms with Crippen LogP contribution in [0, 0.1) is 8.99 Å². The Morgan fingerprint density at radius 1 is 1.56 bits per heavy atom. The molecular weight excluding hydrogens is 345 g/mol. The first kappa shape index (κ1) is 14.7. The van der Waals surface area contributed by atoms with Crippen LogP contribution in [0.4, 0.5) is 5.69 Å². The minimum Gasteiger partial charge on any atom is -0.409 e. The molecule has 98 valence electrons. The van der Waals surface area contributed by atoms with Crippen LogP contribution in [0.25, 0.3) is 0 Å². The second-order valence-corrected chi connectivity index (χ2v) is 5.27. The molecule has 6 heteroatoms. The molecule has 0 fully saturated rings. The topological polar surface area (TPSA) is 87.7 Å². The van der Waals surface area contributed by atoms with E-state index in [0.717, 1.165) is 3.57 Å². The summed E-state index contributed by atoms with van der Waals surface area (Å²) < 4.78 is 0.932. The molecule has 0 saturated heterocycles. The van der Waals surface area contributed by atoms with Crippen molar-refractivity contribution in [3.05, 3.63) is 27.8 Å². The summed E-state index contributed by atoms with van der Waals surface area (Å²) >= 11 is 2.14. The van der Waals surface area contributed by atoms with E-state index < -0.39 is 5.41 Å². The average molecular weight is 361 g/mol. The molecule has 0 radical (unpaired) electrons. The van der Waals surface area contributed by atoms with Crippen LogP contribution >= 0.6 is 22.6 Å². The van der Waals surface area contributed by atoms with Gasteiger partial charge in [-0.2, -0.15) is 0 Å². The molecule has 1 rings (SSSR count). The molecule has 1 aromatic carbocycles. The van der Waals surface area contributed by atoms with Gasteiger partial charge in [-0.1, -0.05) is 24.2 Å². The number of nitrogens with zero attached hydrogens (tertiary/aromatic N) is 1. The lowest BCUT2D eigenvalue weighted by Crippen LogP contribution is -2.44. The van der Waals surface area contributed by atoms with Crippen molar-refractivity contribution in [2.24, 2.45) is 16.3 Å². The van der Waals surface area contributed by atoms with E-state index in [-0.39, 0.29) is 11.7 Å². The van der Waals surface area contributed by atoms with Gasteiger partial charge in [0.15, 0.2) is 5.84 Å². The zero-order valence-corrected chi connectivity index (χ0v) is 12.4. The number of carbonyl (C=O) groups is 1. The minimum absolute atomic E-state index is 0.0894. The van der Waals surface area contributed by atoms with Crippen LogP contribution in [0.15, 0.2) is 29.4 Å². The summed E-state index contributed by atoms with van der Waals surface area (Å²) in [5.41, 5.74) is 5.29. The number of para-hydroxylation sites is 1. The van der Waals surface area contributed by atoms with Crippen molar-refractivity contribution in [1.82, 2.24) is 0 Å². The Labute approximate surface area is 120 Å². The van der Waals surface area contributed by atoms with Crippen LogP contribution in [-0.4, -0.2) is 17.0 Å². The van der Waals surface area contributed by atoms with E-state index in [1.165, 1.54) is 0 Å². The molecule has 0 saturated carbocycles. The fourth-order valence-electron chi connectivity index (χ4n) is 1.39. The lowest BCUT2D eigenvalue weighted by molar-refractivity contribution is -0.121. The van der Waals surface area contributed by atoms with E-state index in [1.54, 1.807) is 6.92 Å². The predicted octanol–water partition coefficient (Wildman–Crippen LogP) is 2.39. The Bertz CT molecular complexity index is 476. The first-order valence-electron chi connectivity index (χ1n) is 5.49. The van der Waals surface area contributed by atoms with Crippen LogP contribution in [-0.2, 0) is 4.79 Å². The number of anilines is 1. The molecule has 0 aromatic heterocycles. The Morgan fingerprint density at radius 2 is 2.17 bits per heavy atom. The van der Waals surface area contributed by atoms with Crippen LogP contribution in [0.2, 0.25) is 0 Å². The van der Waals surface area contributed by atoms with Gasteiger partial charge in [0.1, 0.15) is 5.41 Å². The SMILES string of the molecule is CCC(C)(C(=O)Nc1ccccc1I)/C(N)=N/O. The Kier molecular flexibility index (Phi) is 4.94. The molecule has 1 amide bonds. The van der Waals surface area contributed by atoms with Gasteiger partial charge in [-0.3, -0.25) is 4.79 Å². The number of rotatable bonds is 4. The molecule has 0 aliphatic rings. The number of hydrogen-bond acceptors (Lipinski definition) is 3. The largest absolute Gasteiger partial charge is 0.409 e. The van der Waals surface area contributed by atoms with Crippen LogP contribution in [0.3, 0.4) is 0 Å². The van der Waals surface area contributed by atoms with Gasteiger partial charge in [-0.15, -0.1) is 0 Å². The summed E-state index contributed by atoms with van der Waals surface area (Å²) in [6.45, 7) is 3.46. The molecule has 1 aromatic rings. The molecule has 1 unspecified atom stereocenters. The van der Waals surface area contributed by atoms with Gasteiger partial charge in [-0.25, -0.2) is 0 Å². The van der Waals surface area contributed by atoms with Gasteiger partial charge in [0, 0.05) is 3.57 Å². The molecule has 0 aliphatic heterocycles. The molecule has 5 nitrogen and oxygen atoms in total. The van der Waals surface area contributed by atoms with Crippen molar-refractivity contribution >= 4 is 40.0 Å². The average Bonchev–Trinajstić information content (AvgIpc) is 2.39. The highest BCUT2D eigenvalue weighted by molar-refractivity contribution is 14.1. The Morgan fingerprint density at radius 3 is 2.67 bits per heavy atom. The smallest absolute Gasteiger partial charge is 0.238 e. The second-order valence-electron chi connectivity index (χ2n) is 4.10. The van der Waals surface area contributed by atoms with Crippen LogP contribution in [0.5, 0.6) is 0 Å². The lowest BCUT2D eigenvalue weighted by Gasteiger charge is -2.25. The zero-order chi connectivity index (χ0) is 13.8. The number of amidine groups is 1. The summed E-state index contributed by atoms with van der Waals surface area (Å²) in [5, 5.41) is 14.5. The number of carbonyl (C=O) groups excluding carboxylic acids is 1. The summed E-state index contributed by atoms with van der Waals surface area (Å²) in [6, 6.07) is 7.43. The van der Waals surface area contributed by atoms with E-state index in [2.05, 4.69) is 33.1 Å². The lowest BCUT2D eigenvalue weighted by atomic mass is 9.85. The highest BCUT2D eigenvalue weighted by Crippen LogP contribution is 2.25. The molecular formula is C12H16IN3O2. The van der Waals surface area contributed by atoms with Crippen molar-refractivity contribution < 1.29 is 10.0 Å². The summed E-state index contributed by atoms with van der Waals surface area (Å²) in [4.78, 5) is 12.2. The third-order valence-electron chi connectivity index (χ3n) is 3.00. The second kappa shape index (κ2) is 6.03. The molecule has 0 spiro atoms. The van der Waals surface area contributed by atoms with Crippen molar-refractivity contribution in [2.45, 2.75) is 20.3 Å². The van der Waals surface area contributed by atoms with E-state index in [4.69, 9.17) is 10.9 Å². The van der Waals surface area contributed by atoms with Gasteiger partial charge < -0.3 is 16.3 Å². The van der Waals surface area contributed by atoms with Gasteiger partial charge in [0.25, 0.3) is 0 Å². The maximum absolute atomic E-state index is 12.2. The highest BCUT2D eigenvalue weighted by atomic mass is 127. The number of benzene rings is 1. The van der Waals surface area contributed by atoms with Gasteiger partial charge in [0.2, 0.25) is 5.91 Å². The number of amides is 1. The number of nitrogens with one attached hydrogen (secondary N) is 1. The van der Waals surface area contributed by atoms with Crippen molar-refractivity contribution in [3.63, 3.8) is 0 Å². The number of hydrogen-bond donors (Lipinski definition) is 3. The Hall–Kier alpha value is -1.31. The van der Waals surface area contributed by atoms with Crippen molar-refractivity contribution in [1.29, 1.82) is 0 Å². The standard InChI is InChI=1S/C12H16IN3O2/c1-3-12(2,10(14)16-18)11(17)15-9-7-5-4-6-8(9)13/h4-7,18H,3H2,1-2H3,(H2,14,16)(H,15,17). The van der Waals surface area contributed by atoms with Crippen LogP contribution < -0.4 is 11.1 Å².